The monoisotopic (exact) mass is 336 g/mol. The van der Waals surface area contributed by atoms with Crippen molar-refractivity contribution in [2.45, 2.75) is 6.54 Å². The van der Waals surface area contributed by atoms with E-state index in [1.54, 1.807) is 12.4 Å². The summed E-state index contributed by atoms with van der Waals surface area (Å²) in [4.78, 5) is 17.7. The lowest BCUT2D eigenvalue weighted by Gasteiger charge is -2.03. The van der Waals surface area contributed by atoms with E-state index >= 15 is 0 Å². The van der Waals surface area contributed by atoms with Gasteiger partial charge in [0, 0.05) is 28.0 Å². The minimum absolute atomic E-state index is 0.0685. The maximum absolute atomic E-state index is 12.6. The van der Waals surface area contributed by atoms with Crippen LogP contribution in [0.2, 0.25) is 5.02 Å². The van der Waals surface area contributed by atoms with E-state index in [1.807, 2.05) is 29.6 Å². The topological polar surface area (TPSA) is 34.9 Å². The lowest BCUT2D eigenvalue weighted by molar-refractivity contribution is 0.769. The number of aromatic nitrogens is 2. The van der Waals surface area contributed by atoms with Gasteiger partial charge in [-0.1, -0.05) is 41.4 Å². The Morgan fingerprint density at radius 2 is 2.05 bits per heavy atom. The number of thiophene rings is 1. The molecule has 0 N–H and O–H groups in total. The number of hydrogen-bond donors (Lipinski definition) is 0. The van der Waals surface area contributed by atoms with Gasteiger partial charge < -0.3 is 0 Å². The zero-order valence-corrected chi connectivity index (χ0v) is 13.1. The Kier molecular flexibility index (Phi) is 4.10. The summed E-state index contributed by atoms with van der Waals surface area (Å²) in [5.41, 5.74) is 3.16. The minimum Gasteiger partial charge on any atom is -0.295 e. The fourth-order valence-electron chi connectivity index (χ4n) is 2.09. The first-order valence-corrected chi connectivity index (χ1v) is 7.88. The summed E-state index contributed by atoms with van der Waals surface area (Å²) < 4.78 is 1.54. The van der Waals surface area contributed by atoms with Crippen molar-refractivity contribution in [3.05, 3.63) is 63.0 Å². The molecule has 2 aromatic heterocycles. The molecule has 0 saturated carbocycles. The van der Waals surface area contributed by atoms with Crippen LogP contribution in [0.25, 0.3) is 21.3 Å². The van der Waals surface area contributed by atoms with Crippen molar-refractivity contribution in [3.63, 3.8) is 0 Å². The summed E-state index contributed by atoms with van der Waals surface area (Å²) in [5.74, 6) is 0. The summed E-state index contributed by atoms with van der Waals surface area (Å²) in [6.07, 6.45) is 3.24. The number of nitrogens with zero attached hydrogens (tertiary/aromatic N) is 2. The van der Waals surface area contributed by atoms with Crippen molar-refractivity contribution < 1.29 is 0 Å². The van der Waals surface area contributed by atoms with Crippen molar-refractivity contribution >= 4 is 44.8 Å². The van der Waals surface area contributed by atoms with Crippen LogP contribution in [-0.4, -0.2) is 9.55 Å². The predicted molar refractivity (Wildman–Crippen MR) is 89.3 cm³/mol. The third kappa shape index (κ3) is 2.75. The molecule has 21 heavy (non-hydrogen) atoms. The summed E-state index contributed by atoms with van der Waals surface area (Å²) in [6, 6.07) is 7.43. The number of halogens is 2. The van der Waals surface area contributed by atoms with Gasteiger partial charge in [-0.2, -0.15) is 0 Å². The van der Waals surface area contributed by atoms with E-state index in [2.05, 4.69) is 4.98 Å². The molecule has 0 aliphatic rings. The lowest BCUT2D eigenvalue weighted by atomic mass is 10.1. The Morgan fingerprint density at radius 1 is 1.29 bits per heavy atom. The fourth-order valence-corrected chi connectivity index (χ4v) is 3.21. The summed E-state index contributed by atoms with van der Waals surface area (Å²) in [5, 5.41) is 3.25. The van der Waals surface area contributed by atoms with E-state index in [4.69, 9.17) is 23.2 Å². The van der Waals surface area contributed by atoms with Gasteiger partial charge in [0.1, 0.15) is 4.83 Å². The Balaban J connectivity index is 2.20. The molecule has 3 nitrogen and oxygen atoms in total. The van der Waals surface area contributed by atoms with Crippen LogP contribution in [0.3, 0.4) is 0 Å². The third-order valence-electron chi connectivity index (χ3n) is 3.11. The molecule has 3 aromatic rings. The van der Waals surface area contributed by atoms with Gasteiger partial charge >= 0.3 is 0 Å². The standard InChI is InChI=1S/C15H10Cl2N2OS/c16-6-1-7-19-9-18-14-13(15(19)20)12(8-21-14)10-2-4-11(17)5-3-10/h1-6,8-9H,7H2/b6-1+. The van der Waals surface area contributed by atoms with Gasteiger partial charge in [0.25, 0.3) is 5.56 Å². The number of allylic oxidation sites excluding steroid dienone is 1. The van der Waals surface area contributed by atoms with Crippen molar-refractivity contribution in [2.24, 2.45) is 0 Å². The maximum atomic E-state index is 12.6. The smallest absolute Gasteiger partial charge is 0.262 e. The second kappa shape index (κ2) is 6.02. The number of hydrogen-bond acceptors (Lipinski definition) is 3. The molecular weight excluding hydrogens is 327 g/mol. The molecule has 0 fully saturated rings. The van der Waals surface area contributed by atoms with Crippen LogP contribution in [0.1, 0.15) is 0 Å². The van der Waals surface area contributed by atoms with Crippen LogP contribution in [0, 0.1) is 0 Å². The van der Waals surface area contributed by atoms with Gasteiger partial charge in [0.05, 0.1) is 11.7 Å². The van der Waals surface area contributed by atoms with E-state index in [0.717, 1.165) is 16.0 Å². The Morgan fingerprint density at radius 3 is 2.76 bits per heavy atom. The van der Waals surface area contributed by atoms with Gasteiger partial charge in [-0.15, -0.1) is 11.3 Å². The summed E-state index contributed by atoms with van der Waals surface area (Å²) in [7, 11) is 0. The average Bonchev–Trinajstić information content (AvgIpc) is 2.92. The van der Waals surface area contributed by atoms with E-state index in [-0.39, 0.29) is 5.56 Å². The highest BCUT2D eigenvalue weighted by atomic mass is 35.5. The van der Waals surface area contributed by atoms with Crippen molar-refractivity contribution in [3.8, 4) is 11.1 Å². The van der Waals surface area contributed by atoms with Gasteiger partial charge in [-0.05, 0) is 17.7 Å². The average molecular weight is 337 g/mol. The molecule has 0 radical (unpaired) electrons. The number of benzene rings is 1. The first kappa shape index (κ1) is 14.3. The van der Waals surface area contributed by atoms with Crippen molar-refractivity contribution in [1.82, 2.24) is 9.55 Å². The molecule has 1 aromatic carbocycles. The van der Waals surface area contributed by atoms with Crippen LogP contribution in [-0.2, 0) is 6.54 Å². The summed E-state index contributed by atoms with van der Waals surface area (Å²) in [6.45, 7) is 0.404. The Bertz CT molecular complexity index is 866. The highest BCUT2D eigenvalue weighted by molar-refractivity contribution is 7.17. The zero-order valence-electron chi connectivity index (χ0n) is 10.8. The normalized spacial score (nSPS) is 11.5. The highest BCUT2D eigenvalue weighted by Crippen LogP contribution is 2.31. The van der Waals surface area contributed by atoms with Gasteiger partial charge in [0.15, 0.2) is 0 Å². The van der Waals surface area contributed by atoms with E-state index in [9.17, 15) is 4.79 Å². The highest BCUT2D eigenvalue weighted by Gasteiger charge is 2.12. The second-order valence-corrected chi connectivity index (χ2v) is 5.95. The van der Waals surface area contributed by atoms with Crippen LogP contribution < -0.4 is 5.56 Å². The molecule has 106 valence electrons. The van der Waals surface area contributed by atoms with E-state index in [0.29, 0.717) is 17.0 Å². The molecule has 0 unspecified atom stereocenters. The SMILES string of the molecule is O=c1c2c(-c3ccc(Cl)cc3)csc2ncn1C/C=C/Cl. The van der Waals surface area contributed by atoms with Crippen molar-refractivity contribution in [2.75, 3.05) is 0 Å². The van der Waals surface area contributed by atoms with Crippen LogP contribution in [0.4, 0.5) is 0 Å². The molecule has 0 aliphatic heterocycles. The van der Waals surface area contributed by atoms with E-state index in [1.165, 1.54) is 21.4 Å². The lowest BCUT2D eigenvalue weighted by Crippen LogP contribution is -2.19. The largest absolute Gasteiger partial charge is 0.295 e. The fraction of sp³-hybridized carbons (Fsp3) is 0.0667. The number of rotatable bonds is 3. The maximum Gasteiger partial charge on any atom is 0.262 e. The molecule has 0 amide bonds. The summed E-state index contributed by atoms with van der Waals surface area (Å²) >= 11 is 12.9. The molecule has 0 spiro atoms. The van der Waals surface area contributed by atoms with E-state index < -0.39 is 0 Å². The van der Waals surface area contributed by atoms with Crippen molar-refractivity contribution in [1.29, 1.82) is 0 Å². The minimum atomic E-state index is -0.0685. The van der Waals surface area contributed by atoms with Crippen LogP contribution >= 0.6 is 34.5 Å². The molecule has 0 aliphatic carbocycles. The first-order chi connectivity index (χ1) is 10.2. The van der Waals surface area contributed by atoms with Gasteiger partial charge in [0.2, 0.25) is 0 Å². The van der Waals surface area contributed by atoms with Crippen LogP contribution in [0.15, 0.2) is 52.4 Å². The first-order valence-electron chi connectivity index (χ1n) is 6.18. The Hall–Kier alpha value is -1.62. The molecule has 0 bridgehead atoms. The predicted octanol–water partition coefficient (Wildman–Crippen LogP) is 4.53. The molecule has 3 rings (SSSR count). The van der Waals surface area contributed by atoms with Gasteiger partial charge in [-0.25, -0.2) is 4.98 Å². The molecule has 0 atom stereocenters. The Labute approximate surface area is 135 Å². The zero-order chi connectivity index (χ0) is 14.8. The van der Waals surface area contributed by atoms with Crippen LogP contribution in [0.5, 0.6) is 0 Å². The second-order valence-electron chi connectivity index (χ2n) is 4.40. The molecular formula is C15H10Cl2N2OS. The molecule has 2 heterocycles. The molecule has 0 saturated heterocycles. The molecule has 6 heteroatoms. The van der Waals surface area contributed by atoms with Gasteiger partial charge in [-0.3, -0.25) is 9.36 Å². The number of fused-ring (bicyclic) bond motifs is 1. The quantitative estimate of drug-likeness (QED) is 0.704. The third-order valence-corrected chi connectivity index (χ3v) is 4.42.